The van der Waals surface area contributed by atoms with Crippen molar-refractivity contribution in [3.63, 3.8) is 0 Å². The molecule has 55 heavy (non-hydrogen) atoms. The Bertz CT molecular complexity index is 787. The normalized spacial score (nSPS) is 12.7. The predicted molar refractivity (Wildman–Crippen MR) is 239 cm³/mol. The lowest BCUT2D eigenvalue weighted by molar-refractivity contribution is -0.0571. The van der Waals surface area contributed by atoms with E-state index in [2.05, 4.69) is 33.0 Å². The molecule has 0 radical (unpaired) electrons. The molecule has 0 aliphatic carbocycles. The van der Waals surface area contributed by atoms with Crippen molar-refractivity contribution in [2.24, 2.45) is 0 Å². The van der Waals surface area contributed by atoms with Gasteiger partial charge < -0.3 is 24.3 Å². The van der Waals surface area contributed by atoms with Crippen molar-refractivity contribution in [1.82, 2.24) is 5.32 Å². The molecule has 0 heterocycles. The van der Waals surface area contributed by atoms with E-state index in [4.69, 9.17) is 18.9 Å². The minimum absolute atomic E-state index is 0.0331. The molecule has 330 valence electrons. The first-order valence-corrected chi connectivity index (χ1v) is 24.4. The number of carbonyl (C=O) groups excluding carboxylic acids is 1. The summed E-state index contributed by atoms with van der Waals surface area (Å²) in [4.78, 5) is 12.7. The fraction of sp³-hybridized carbons (Fsp3) is 0.980. The van der Waals surface area contributed by atoms with Crippen LogP contribution in [0.5, 0.6) is 0 Å². The summed E-state index contributed by atoms with van der Waals surface area (Å²) in [6.45, 7) is 14.7. The highest BCUT2D eigenvalue weighted by Gasteiger charge is 2.23. The van der Waals surface area contributed by atoms with E-state index in [9.17, 15) is 4.79 Å². The van der Waals surface area contributed by atoms with Crippen molar-refractivity contribution in [3.05, 3.63) is 0 Å². The molecule has 0 saturated carbocycles. The van der Waals surface area contributed by atoms with E-state index in [1.54, 1.807) is 7.11 Å². The van der Waals surface area contributed by atoms with E-state index in [1.165, 1.54) is 193 Å². The van der Waals surface area contributed by atoms with Crippen molar-refractivity contribution >= 4 is 6.09 Å². The van der Waals surface area contributed by atoms with Crippen molar-refractivity contribution in [1.29, 1.82) is 0 Å². The standard InChI is InChI=1S/C49H99NO5/c1-8-10-12-14-16-18-20-22-24-26-28-30-32-34-36-38-40-46(44-54-47(51)50-45-49(5,6)55-43-41-48(3,4)52-7)53-42-39-37-35-33-31-29-27-25-23-21-19-17-15-13-11-9-2/h46H,8-45H2,1-7H3,(H,50,51). The van der Waals surface area contributed by atoms with Gasteiger partial charge in [-0.05, 0) is 47.0 Å². The molecule has 0 aromatic heterocycles. The monoisotopic (exact) mass is 782 g/mol. The molecule has 0 fully saturated rings. The Labute approximate surface area is 344 Å². The Morgan fingerprint density at radius 1 is 0.491 bits per heavy atom. The molecule has 0 aliphatic heterocycles. The van der Waals surface area contributed by atoms with Crippen LogP contribution in [0.15, 0.2) is 0 Å². The lowest BCUT2D eigenvalue weighted by Crippen LogP contribution is -2.42. The molecular weight excluding hydrogens is 683 g/mol. The van der Waals surface area contributed by atoms with Gasteiger partial charge in [0.25, 0.3) is 0 Å². The van der Waals surface area contributed by atoms with Crippen LogP contribution < -0.4 is 5.32 Å². The van der Waals surface area contributed by atoms with Crippen LogP contribution in [0.1, 0.15) is 260 Å². The number of alkyl carbamates (subject to hydrolysis) is 1. The van der Waals surface area contributed by atoms with Crippen LogP contribution in [0.4, 0.5) is 4.79 Å². The molecule has 0 spiro atoms. The summed E-state index contributed by atoms with van der Waals surface area (Å²) in [6, 6.07) is 0. The van der Waals surface area contributed by atoms with Gasteiger partial charge in [-0.25, -0.2) is 4.79 Å². The number of amides is 1. The van der Waals surface area contributed by atoms with Gasteiger partial charge in [0.15, 0.2) is 0 Å². The van der Waals surface area contributed by atoms with Gasteiger partial charge in [-0.2, -0.15) is 0 Å². The van der Waals surface area contributed by atoms with Gasteiger partial charge in [0.2, 0.25) is 0 Å². The first-order chi connectivity index (χ1) is 26.7. The summed E-state index contributed by atoms with van der Waals surface area (Å²) in [6.07, 6.45) is 45.1. The molecule has 1 amide bonds. The van der Waals surface area contributed by atoms with Crippen LogP contribution in [-0.2, 0) is 18.9 Å². The summed E-state index contributed by atoms with van der Waals surface area (Å²) < 4.78 is 23.6. The molecule has 1 unspecified atom stereocenters. The highest BCUT2D eigenvalue weighted by Crippen LogP contribution is 2.18. The predicted octanol–water partition coefficient (Wildman–Crippen LogP) is 15.6. The van der Waals surface area contributed by atoms with Crippen LogP contribution >= 0.6 is 0 Å². The number of nitrogens with one attached hydrogen (secondary N) is 1. The Kier molecular flexibility index (Phi) is 39.3. The van der Waals surface area contributed by atoms with E-state index in [0.717, 1.165) is 32.3 Å². The summed E-state index contributed by atoms with van der Waals surface area (Å²) in [5.41, 5.74) is -0.713. The molecule has 0 bridgehead atoms. The topological polar surface area (TPSA) is 66.0 Å². The summed E-state index contributed by atoms with van der Waals surface area (Å²) in [5, 5.41) is 2.92. The molecule has 1 atom stereocenters. The third-order valence-corrected chi connectivity index (χ3v) is 11.5. The van der Waals surface area contributed by atoms with Gasteiger partial charge in [0.05, 0.1) is 23.9 Å². The quantitative estimate of drug-likeness (QED) is 0.0624. The average Bonchev–Trinajstić information content (AvgIpc) is 3.16. The van der Waals surface area contributed by atoms with Crippen LogP contribution in [0, 0.1) is 0 Å². The number of ether oxygens (including phenoxy) is 4. The fourth-order valence-electron chi connectivity index (χ4n) is 7.27. The maximum atomic E-state index is 12.7. The van der Waals surface area contributed by atoms with Crippen LogP contribution in [0.2, 0.25) is 0 Å². The zero-order chi connectivity index (χ0) is 40.6. The first-order valence-electron chi connectivity index (χ1n) is 24.4. The second-order valence-electron chi connectivity index (χ2n) is 18.2. The zero-order valence-corrected chi connectivity index (χ0v) is 38.5. The van der Waals surface area contributed by atoms with Crippen LogP contribution in [0.3, 0.4) is 0 Å². The number of methoxy groups -OCH3 is 1. The van der Waals surface area contributed by atoms with Gasteiger partial charge in [-0.15, -0.1) is 0 Å². The number of carbonyl (C=O) groups is 1. The molecule has 1 N–H and O–H groups in total. The fourth-order valence-corrected chi connectivity index (χ4v) is 7.27. The van der Waals surface area contributed by atoms with Crippen LogP contribution in [-0.4, -0.2) is 56.9 Å². The van der Waals surface area contributed by atoms with Gasteiger partial charge in [0, 0.05) is 20.3 Å². The Morgan fingerprint density at radius 3 is 1.24 bits per heavy atom. The van der Waals surface area contributed by atoms with E-state index in [1.807, 2.05) is 13.8 Å². The van der Waals surface area contributed by atoms with Gasteiger partial charge >= 0.3 is 6.09 Å². The SMILES string of the molecule is CCCCCCCCCCCCCCCCCCOC(CCCCCCCCCCCCCCCCCC)COC(=O)NCC(C)(C)OCCC(C)(C)OC. The Hall–Kier alpha value is -0.850. The van der Waals surface area contributed by atoms with Crippen molar-refractivity contribution in [3.8, 4) is 0 Å². The maximum Gasteiger partial charge on any atom is 0.407 e. The largest absolute Gasteiger partial charge is 0.447 e. The zero-order valence-electron chi connectivity index (χ0n) is 38.5. The number of rotatable bonds is 44. The van der Waals surface area contributed by atoms with Crippen molar-refractivity contribution in [2.75, 3.05) is 33.5 Å². The van der Waals surface area contributed by atoms with Gasteiger partial charge in [-0.3, -0.25) is 0 Å². The molecular formula is C49H99NO5. The van der Waals surface area contributed by atoms with Crippen LogP contribution in [0.25, 0.3) is 0 Å². The summed E-state index contributed by atoms with van der Waals surface area (Å²) in [7, 11) is 1.72. The van der Waals surface area contributed by atoms with Gasteiger partial charge in [0.1, 0.15) is 6.61 Å². The average molecular weight is 782 g/mol. The highest BCUT2D eigenvalue weighted by atomic mass is 16.6. The maximum absolute atomic E-state index is 12.7. The third-order valence-electron chi connectivity index (χ3n) is 11.5. The summed E-state index contributed by atoms with van der Waals surface area (Å²) in [5.74, 6) is 0. The lowest BCUT2D eigenvalue weighted by Gasteiger charge is -2.29. The minimum atomic E-state index is -0.487. The second-order valence-corrected chi connectivity index (χ2v) is 18.2. The molecule has 0 aliphatic rings. The van der Waals surface area contributed by atoms with E-state index >= 15 is 0 Å². The minimum Gasteiger partial charge on any atom is -0.447 e. The number of hydrogen-bond donors (Lipinski definition) is 1. The van der Waals surface area contributed by atoms with E-state index in [0.29, 0.717) is 19.8 Å². The van der Waals surface area contributed by atoms with Crippen molar-refractivity contribution < 1.29 is 23.7 Å². The first kappa shape index (κ1) is 54.2. The number of hydrogen-bond acceptors (Lipinski definition) is 5. The second kappa shape index (κ2) is 40.0. The highest BCUT2D eigenvalue weighted by molar-refractivity contribution is 5.67. The molecule has 6 nitrogen and oxygen atoms in total. The van der Waals surface area contributed by atoms with Gasteiger partial charge in [-0.1, -0.05) is 213 Å². The Balaban J connectivity index is 4.25. The number of unbranched alkanes of at least 4 members (excludes halogenated alkanes) is 30. The smallest absolute Gasteiger partial charge is 0.407 e. The van der Waals surface area contributed by atoms with E-state index < -0.39 is 11.7 Å². The lowest BCUT2D eigenvalue weighted by atomic mass is 10.0. The molecule has 0 aromatic carbocycles. The summed E-state index contributed by atoms with van der Waals surface area (Å²) >= 11 is 0. The van der Waals surface area contributed by atoms with E-state index in [-0.39, 0.29) is 11.7 Å². The molecule has 6 heteroatoms. The Morgan fingerprint density at radius 2 is 0.855 bits per heavy atom. The molecule has 0 rings (SSSR count). The van der Waals surface area contributed by atoms with Crippen molar-refractivity contribution in [2.45, 2.75) is 277 Å². The third kappa shape index (κ3) is 41.1. The molecule has 0 saturated heterocycles. The molecule has 0 aromatic rings.